The van der Waals surface area contributed by atoms with Crippen molar-refractivity contribution in [1.29, 1.82) is 0 Å². The zero-order valence-electron chi connectivity index (χ0n) is 12.9. The molecule has 4 nitrogen and oxygen atoms in total. The van der Waals surface area contributed by atoms with Crippen LogP contribution in [0.25, 0.3) is 10.9 Å². The molecule has 0 aliphatic rings. The van der Waals surface area contributed by atoms with Crippen LogP contribution in [0, 0.1) is 0 Å². The van der Waals surface area contributed by atoms with Gasteiger partial charge >= 0.3 is 5.97 Å². The lowest BCUT2D eigenvalue weighted by Crippen LogP contribution is -2.19. The fraction of sp³-hybridized carbons (Fsp3) is 0.158. The molecule has 0 amide bonds. The molecule has 0 unspecified atom stereocenters. The summed E-state index contributed by atoms with van der Waals surface area (Å²) in [4.78, 5) is 18.0. The van der Waals surface area contributed by atoms with E-state index in [9.17, 15) is 9.90 Å². The van der Waals surface area contributed by atoms with Crippen molar-refractivity contribution in [3.63, 3.8) is 0 Å². The minimum Gasteiger partial charge on any atom is -0.478 e. The molecule has 0 bridgehead atoms. The predicted octanol–water partition coefficient (Wildman–Crippen LogP) is 3.57. The van der Waals surface area contributed by atoms with Gasteiger partial charge in [0.1, 0.15) is 0 Å². The average Bonchev–Trinajstić information content (AvgIpc) is 2.55. The molecule has 23 heavy (non-hydrogen) atoms. The van der Waals surface area contributed by atoms with E-state index < -0.39 is 5.97 Å². The van der Waals surface area contributed by atoms with Crippen LogP contribution in [0.15, 0.2) is 60.7 Å². The number of fused-ring (bicyclic) bond motifs is 1. The molecule has 0 saturated heterocycles. The second-order valence-corrected chi connectivity index (χ2v) is 5.63. The van der Waals surface area contributed by atoms with Crippen molar-refractivity contribution >= 4 is 16.9 Å². The van der Waals surface area contributed by atoms with E-state index >= 15 is 0 Å². The van der Waals surface area contributed by atoms with Gasteiger partial charge in [0.25, 0.3) is 0 Å². The summed E-state index contributed by atoms with van der Waals surface area (Å²) in [7, 11) is 1.97. The monoisotopic (exact) mass is 306 g/mol. The summed E-state index contributed by atoms with van der Waals surface area (Å²) in [6.45, 7) is 1.23. The van der Waals surface area contributed by atoms with Gasteiger partial charge in [0.15, 0.2) is 0 Å². The average molecular weight is 306 g/mol. The lowest BCUT2D eigenvalue weighted by Gasteiger charge is -2.17. The fourth-order valence-electron chi connectivity index (χ4n) is 2.69. The van der Waals surface area contributed by atoms with Gasteiger partial charge in [0.2, 0.25) is 0 Å². The maximum Gasteiger partial charge on any atom is 0.336 e. The standard InChI is InChI=1S/C19H18N2O2/c1-21(12-15-7-2-4-8-17(15)19(22)23)13-16-11-10-14-6-3-5-9-18(14)20-16/h2-11H,12-13H2,1H3,(H,22,23). The number of para-hydroxylation sites is 1. The fourth-order valence-corrected chi connectivity index (χ4v) is 2.69. The van der Waals surface area contributed by atoms with E-state index in [4.69, 9.17) is 0 Å². The van der Waals surface area contributed by atoms with Crippen molar-refractivity contribution in [3.05, 3.63) is 77.5 Å². The number of hydrogen-bond donors (Lipinski definition) is 1. The highest BCUT2D eigenvalue weighted by Gasteiger charge is 2.11. The van der Waals surface area contributed by atoms with Gasteiger partial charge < -0.3 is 5.11 Å². The molecule has 0 aliphatic heterocycles. The summed E-state index contributed by atoms with van der Waals surface area (Å²) < 4.78 is 0. The first-order valence-corrected chi connectivity index (χ1v) is 7.48. The maximum atomic E-state index is 11.3. The molecule has 0 radical (unpaired) electrons. The zero-order chi connectivity index (χ0) is 16.2. The van der Waals surface area contributed by atoms with Crippen molar-refractivity contribution in [2.45, 2.75) is 13.1 Å². The number of rotatable bonds is 5. The van der Waals surface area contributed by atoms with E-state index in [-0.39, 0.29) is 0 Å². The number of carboxylic acid groups (broad SMARTS) is 1. The molecule has 3 rings (SSSR count). The van der Waals surface area contributed by atoms with Crippen LogP contribution in [0.1, 0.15) is 21.6 Å². The van der Waals surface area contributed by atoms with Gasteiger partial charge in [-0.25, -0.2) is 4.79 Å². The van der Waals surface area contributed by atoms with Gasteiger partial charge in [-0.05, 0) is 30.8 Å². The van der Waals surface area contributed by atoms with Gasteiger partial charge in [-0.15, -0.1) is 0 Å². The van der Waals surface area contributed by atoms with Gasteiger partial charge in [-0.3, -0.25) is 9.88 Å². The summed E-state index contributed by atoms with van der Waals surface area (Å²) in [6.07, 6.45) is 0. The number of pyridine rings is 1. The molecular weight excluding hydrogens is 288 g/mol. The first-order valence-electron chi connectivity index (χ1n) is 7.48. The lowest BCUT2D eigenvalue weighted by molar-refractivity contribution is 0.0694. The molecule has 0 aliphatic carbocycles. The highest BCUT2D eigenvalue weighted by molar-refractivity contribution is 5.89. The molecule has 1 heterocycles. The van der Waals surface area contributed by atoms with Crippen LogP contribution in [0.2, 0.25) is 0 Å². The van der Waals surface area contributed by atoms with Crippen molar-refractivity contribution in [1.82, 2.24) is 9.88 Å². The van der Waals surface area contributed by atoms with E-state index in [0.29, 0.717) is 18.7 Å². The van der Waals surface area contributed by atoms with Gasteiger partial charge in [-0.1, -0.05) is 42.5 Å². The smallest absolute Gasteiger partial charge is 0.336 e. The molecular formula is C19H18N2O2. The third-order valence-corrected chi connectivity index (χ3v) is 3.78. The van der Waals surface area contributed by atoms with Crippen LogP contribution >= 0.6 is 0 Å². The predicted molar refractivity (Wildman–Crippen MR) is 90.3 cm³/mol. The number of aromatic nitrogens is 1. The van der Waals surface area contributed by atoms with Gasteiger partial charge in [0.05, 0.1) is 16.8 Å². The minimum atomic E-state index is -0.891. The molecule has 0 atom stereocenters. The Hall–Kier alpha value is -2.72. The van der Waals surface area contributed by atoms with Crippen molar-refractivity contribution < 1.29 is 9.90 Å². The van der Waals surface area contributed by atoms with Crippen molar-refractivity contribution in [2.24, 2.45) is 0 Å². The molecule has 0 saturated carbocycles. The Balaban J connectivity index is 1.76. The second-order valence-electron chi connectivity index (χ2n) is 5.63. The largest absolute Gasteiger partial charge is 0.478 e. The third kappa shape index (κ3) is 3.55. The Kier molecular flexibility index (Phi) is 4.35. The van der Waals surface area contributed by atoms with Crippen molar-refractivity contribution in [2.75, 3.05) is 7.05 Å². The van der Waals surface area contributed by atoms with Crippen LogP contribution in [0.5, 0.6) is 0 Å². The Morgan fingerprint density at radius 1 is 1.00 bits per heavy atom. The van der Waals surface area contributed by atoms with E-state index in [1.54, 1.807) is 12.1 Å². The van der Waals surface area contributed by atoms with Crippen molar-refractivity contribution in [3.8, 4) is 0 Å². The summed E-state index contributed by atoms with van der Waals surface area (Å²) in [5, 5.41) is 10.4. The molecule has 4 heteroatoms. The third-order valence-electron chi connectivity index (χ3n) is 3.78. The number of nitrogens with zero attached hydrogens (tertiary/aromatic N) is 2. The highest BCUT2D eigenvalue weighted by atomic mass is 16.4. The Morgan fingerprint density at radius 3 is 2.57 bits per heavy atom. The zero-order valence-corrected chi connectivity index (χ0v) is 12.9. The molecule has 0 spiro atoms. The Morgan fingerprint density at radius 2 is 1.74 bits per heavy atom. The van der Waals surface area contributed by atoms with Gasteiger partial charge in [0, 0.05) is 18.5 Å². The van der Waals surface area contributed by atoms with Gasteiger partial charge in [-0.2, -0.15) is 0 Å². The maximum absolute atomic E-state index is 11.3. The van der Waals surface area contributed by atoms with E-state index in [0.717, 1.165) is 22.2 Å². The van der Waals surface area contributed by atoms with E-state index in [2.05, 4.69) is 16.0 Å². The Bertz CT molecular complexity index is 845. The molecule has 0 fully saturated rings. The first-order chi connectivity index (χ1) is 11.1. The summed E-state index contributed by atoms with van der Waals surface area (Å²) in [5.41, 5.74) is 3.11. The molecule has 1 N–H and O–H groups in total. The SMILES string of the molecule is CN(Cc1ccc2ccccc2n1)Cc1ccccc1C(=O)O. The summed E-state index contributed by atoms with van der Waals surface area (Å²) >= 11 is 0. The van der Waals surface area contributed by atoms with Crippen LogP contribution < -0.4 is 0 Å². The van der Waals surface area contributed by atoms with E-state index in [1.165, 1.54) is 0 Å². The summed E-state index contributed by atoms with van der Waals surface area (Å²) in [5.74, 6) is -0.891. The number of benzene rings is 2. The highest BCUT2D eigenvalue weighted by Crippen LogP contribution is 2.15. The Labute approximate surface area is 135 Å². The molecule has 1 aromatic heterocycles. The second kappa shape index (κ2) is 6.58. The molecule has 116 valence electrons. The number of aromatic carboxylic acids is 1. The first kappa shape index (κ1) is 15.2. The number of hydrogen-bond acceptors (Lipinski definition) is 3. The van der Waals surface area contributed by atoms with Crippen LogP contribution in [-0.4, -0.2) is 28.0 Å². The van der Waals surface area contributed by atoms with Crippen LogP contribution in [-0.2, 0) is 13.1 Å². The summed E-state index contributed by atoms with van der Waals surface area (Å²) in [6, 6.07) is 19.2. The molecule has 2 aromatic carbocycles. The minimum absolute atomic E-state index is 0.353. The topological polar surface area (TPSA) is 53.4 Å². The number of carboxylic acids is 1. The van der Waals surface area contributed by atoms with Crippen LogP contribution in [0.3, 0.4) is 0 Å². The molecule has 3 aromatic rings. The quantitative estimate of drug-likeness (QED) is 0.783. The van der Waals surface area contributed by atoms with Crippen LogP contribution in [0.4, 0.5) is 0 Å². The normalized spacial score (nSPS) is 11.0. The van der Waals surface area contributed by atoms with E-state index in [1.807, 2.05) is 49.5 Å². The lowest BCUT2D eigenvalue weighted by atomic mass is 10.1. The number of carbonyl (C=O) groups is 1.